The molecule has 0 spiro atoms. The molecule has 1 aromatic heterocycles. The first kappa shape index (κ1) is 19.2. The second-order valence-corrected chi connectivity index (χ2v) is 8.33. The highest BCUT2D eigenvalue weighted by atomic mass is 35.5. The zero-order valence-corrected chi connectivity index (χ0v) is 17.3. The van der Waals surface area contributed by atoms with Gasteiger partial charge < -0.3 is 9.80 Å². The van der Waals surface area contributed by atoms with E-state index in [0.29, 0.717) is 16.3 Å². The smallest absolute Gasteiger partial charge is 0.278 e. The van der Waals surface area contributed by atoms with Crippen LogP contribution in [0.15, 0.2) is 47.5 Å². The Morgan fingerprint density at radius 3 is 2.32 bits per heavy atom. The van der Waals surface area contributed by atoms with E-state index in [1.807, 2.05) is 29.6 Å². The lowest BCUT2D eigenvalue weighted by Crippen LogP contribution is -2.47. The van der Waals surface area contributed by atoms with Crippen molar-refractivity contribution in [1.82, 2.24) is 14.7 Å². The van der Waals surface area contributed by atoms with Crippen LogP contribution in [0.4, 0.5) is 0 Å². The third-order valence-corrected chi connectivity index (χ3v) is 6.44. The van der Waals surface area contributed by atoms with Crippen LogP contribution in [0.2, 0.25) is 5.02 Å². The van der Waals surface area contributed by atoms with Gasteiger partial charge >= 0.3 is 0 Å². The first-order chi connectivity index (χ1) is 13.6. The molecule has 2 aromatic rings. The number of imide groups is 1. The van der Waals surface area contributed by atoms with Crippen LogP contribution in [0, 0.1) is 0 Å². The molecule has 28 heavy (non-hydrogen) atoms. The fourth-order valence-corrected chi connectivity index (χ4v) is 4.59. The molecule has 0 N–H and O–H groups in total. The van der Waals surface area contributed by atoms with Gasteiger partial charge in [-0.3, -0.25) is 14.5 Å². The van der Waals surface area contributed by atoms with Crippen LogP contribution < -0.4 is 0 Å². The number of piperazine rings is 1. The summed E-state index contributed by atoms with van der Waals surface area (Å²) in [5.41, 5.74) is 1.98. The van der Waals surface area contributed by atoms with E-state index in [2.05, 4.69) is 16.7 Å². The van der Waals surface area contributed by atoms with Crippen molar-refractivity contribution < 1.29 is 9.59 Å². The standard InChI is InChI=1S/C21H22ClN3O2S/c1-2-23-9-11-24(12-10-23)19-18(17-4-3-13-28-17)20(26)25(21(19)27)14-15-5-7-16(22)8-6-15/h3-8,13H,2,9-12,14H2,1H3. The van der Waals surface area contributed by atoms with Crippen molar-refractivity contribution in [3.05, 3.63) is 62.9 Å². The topological polar surface area (TPSA) is 43.9 Å². The zero-order chi connectivity index (χ0) is 19.7. The number of hydrogen-bond acceptors (Lipinski definition) is 5. The van der Waals surface area contributed by atoms with Crippen molar-refractivity contribution in [3.8, 4) is 0 Å². The summed E-state index contributed by atoms with van der Waals surface area (Å²) in [6.07, 6.45) is 0. The lowest BCUT2D eigenvalue weighted by Gasteiger charge is -2.35. The Balaban J connectivity index is 1.65. The minimum Gasteiger partial charge on any atom is -0.364 e. The number of likely N-dealkylation sites (N-methyl/N-ethyl adjacent to an activating group) is 1. The fourth-order valence-electron chi connectivity index (χ4n) is 3.70. The summed E-state index contributed by atoms with van der Waals surface area (Å²) in [5, 5.41) is 2.57. The van der Waals surface area contributed by atoms with Crippen molar-refractivity contribution in [3.63, 3.8) is 0 Å². The Kier molecular flexibility index (Phi) is 5.53. The SMILES string of the molecule is CCN1CCN(C2=C(c3cccs3)C(=O)N(Cc3ccc(Cl)cc3)C2=O)CC1. The van der Waals surface area contributed by atoms with Gasteiger partial charge in [0.15, 0.2) is 0 Å². The van der Waals surface area contributed by atoms with Crippen molar-refractivity contribution in [2.45, 2.75) is 13.5 Å². The van der Waals surface area contributed by atoms with Gasteiger partial charge in [-0.25, -0.2) is 0 Å². The van der Waals surface area contributed by atoms with Gasteiger partial charge in [-0.2, -0.15) is 0 Å². The van der Waals surface area contributed by atoms with Crippen LogP contribution in [0.1, 0.15) is 17.4 Å². The second kappa shape index (κ2) is 8.07. The van der Waals surface area contributed by atoms with E-state index < -0.39 is 0 Å². The van der Waals surface area contributed by atoms with Gasteiger partial charge in [0.2, 0.25) is 0 Å². The van der Waals surface area contributed by atoms with Gasteiger partial charge in [0, 0.05) is 36.1 Å². The number of carbonyl (C=O) groups is 2. The van der Waals surface area contributed by atoms with Gasteiger partial charge in [-0.15, -0.1) is 11.3 Å². The zero-order valence-electron chi connectivity index (χ0n) is 15.7. The van der Waals surface area contributed by atoms with E-state index in [1.165, 1.54) is 16.2 Å². The molecule has 4 rings (SSSR count). The molecule has 2 aliphatic heterocycles. The summed E-state index contributed by atoms with van der Waals surface area (Å²) in [6.45, 7) is 6.71. The second-order valence-electron chi connectivity index (χ2n) is 6.95. The highest BCUT2D eigenvalue weighted by molar-refractivity contribution is 7.11. The number of thiophene rings is 1. The number of amides is 2. The molecule has 1 saturated heterocycles. The molecule has 1 aromatic carbocycles. The molecule has 0 bridgehead atoms. The van der Waals surface area contributed by atoms with Crippen molar-refractivity contribution in [2.75, 3.05) is 32.7 Å². The first-order valence-electron chi connectivity index (χ1n) is 9.44. The van der Waals surface area contributed by atoms with Crippen LogP contribution >= 0.6 is 22.9 Å². The van der Waals surface area contributed by atoms with Crippen LogP contribution in [-0.4, -0.2) is 59.2 Å². The maximum absolute atomic E-state index is 13.3. The largest absolute Gasteiger partial charge is 0.364 e. The van der Waals surface area contributed by atoms with Crippen LogP contribution in [0.3, 0.4) is 0 Å². The molecule has 0 atom stereocenters. The molecular weight excluding hydrogens is 394 g/mol. The normalized spacial score (nSPS) is 18.5. The Morgan fingerprint density at radius 1 is 1.00 bits per heavy atom. The van der Waals surface area contributed by atoms with Gasteiger partial charge in [0.25, 0.3) is 11.8 Å². The van der Waals surface area contributed by atoms with Crippen LogP contribution in [0.25, 0.3) is 5.57 Å². The number of carbonyl (C=O) groups excluding carboxylic acids is 2. The van der Waals surface area contributed by atoms with E-state index in [-0.39, 0.29) is 18.4 Å². The quantitative estimate of drug-likeness (QED) is 0.703. The Labute approximate surface area is 173 Å². The van der Waals surface area contributed by atoms with E-state index in [4.69, 9.17) is 11.6 Å². The monoisotopic (exact) mass is 415 g/mol. The number of hydrogen-bond donors (Lipinski definition) is 0. The van der Waals surface area contributed by atoms with E-state index in [0.717, 1.165) is 43.2 Å². The maximum Gasteiger partial charge on any atom is 0.278 e. The third-order valence-electron chi connectivity index (χ3n) is 5.30. The summed E-state index contributed by atoms with van der Waals surface area (Å²) in [5.74, 6) is -0.413. The van der Waals surface area contributed by atoms with Gasteiger partial charge in [0.05, 0.1) is 12.1 Å². The lowest BCUT2D eigenvalue weighted by atomic mass is 10.1. The maximum atomic E-state index is 13.3. The number of nitrogens with zero attached hydrogens (tertiary/aromatic N) is 3. The summed E-state index contributed by atoms with van der Waals surface area (Å²) < 4.78 is 0. The summed E-state index contributed by atoms with van der Waals surface area (Å²) >= 11 is 7.46. The molecule has 2 amide bonds. The van der Waals surface area contributed by atoms with Gasteiger partial charge in [0.1, 0.15) is 5.70 Å². The third kappa shape index (κ3) is 3.60. The summed E-state index contributed by atoms with van der Waals surface area (Å²) in [4.78, 5) is 33.2. The predicted molar refractivity (Wildman–Crippen MR) is 112 cm³/mol. The molecule has 0 unspecified atom stereocenters. The minimum absolute atomic E-state index is 0.201. The fraction of sp³-hybridized carbons (Fsp3) is 0.333. The molecule has 5 nitrogen and oxygen atoms in total. The number of rotatable bonds is 5. The van der Waals surface area contributed by atoms with Crippen molar-refractivity contribution in [2.24, 2.45) is 0 Å². The van der Waals surface area contributed by atoms with Crippen LogP contribution in [0.5, 0.6) is 0 Å². The minimum atomic E-state index is -0.213. The molecule has 3 heterocycles. The Morgan fingerprint density at radius 2 is 1.71 bits per heavy atom. The number of benzene rings is 1. The molecule has 146 valence electrons. The summed E-state index contributed by atoms with van der Waals surface area (Å²) in [6, 6.07) is 11.1. The van der Waals surface area contributed by atoms with Crippen LogP contribution in [-0.2, 0) is 16.1 Å². The molecular formula is C21H22ClN3O2S. The van der Waals surface area contributed by atoms with Crippen molar-refractivity contribution in [1.29, 1.82) is 0 Å². The lowest BCUT2D eigenvalue weighted by molar-refractivity contribution is -0.138. The van der Waals surface area contributed by atoms with Crippen molar-refractivity contribution >= 4 is 40.3 Å². The van der Waals surface area contributed by atoms with E-state index >= 15 is 0 Å². The highest BCUT2D eigenvalue weighted by Crippen LogP contribution is 2.35. The highest BCUT2D eigenvalue weighted by Gasteiger charge is 2.42. The molecule has 2 aliphatic rings. The summed E-state index contributed by atoms with van der Waals surface area (Å²) in [7, 11) is 0. The van der Waals surface area contributed by atoms with Gasteiger partial charge in [-0.05, 0) is 35.7 Å². The first-order valence-corrected chi connectivity index (χ1v) is 10.7. The molecule has 0 saturated carbocycles. The van der Waals surface area contributed by atoms with Gasteiger partial charge in [-0.1, -0.05) is 36.7 Å². The molecule has 0 radical (unpaired) electrons. The average molecular weight is 416 g/mol. The molecule has 0 aliphatic carbocycles. The predicted octanol–water partition coefficient (Wildman–Crippen LogP) is 3.32. The average Bonchev–Trinajstić information content (AvgIpc) is 3.32. The Hall–Kier alpha value is -2.15. The van der Waals surface area contributed by atoms with E-state index in [1.54, 1.807) is 12.1 Å². The molecule has 7 heteroatoms. The Bertz CT molecular complexity index is 900. The number of halogens is 1. The molecule has 1 fully saturated rings. The van der Waals surface area contributed by atoms with E-state index in [9.17, 15) is 9.59 Å².